The first-order valence-corrected chi connectivity index (χ1v) is 9.91. The third kappa shape index (κ3) is 5.02. The van der Waals surface area contributed by atoms with E-state index in [1.54, 1.807) is 24.3 Å². The van der Waals surface area contributed by atoms with Crippen molar-refractivity contribution < 1.29 is 9.90 Å². The van der Waals surface area contributed by atoms with E-state index in [-0.39, 0.29) is 17.7 Å². The summed E-state index contributed by atoms with van der Waals surface area (Å²) in [5, 5.41) is 10.1. The molecule has 0 radical (unpaired) electrons. The fraction of sp³-hybridized carbons (Fsp3) is 0.409. The van der Waals surface area contributed by atoms with Crippen molar-refractivity contribution in [3.05, 3.63) is 59.1 Å². The Hall–Kier alpha value is -2.04. The summed E-state index contributed by atoms with van der Waals surface area (Å²) in [5.41, 5.74) is 1.79. The van der Waals surface area contributed by atoms with E-state index < -0.39 is 0 Å². The number of carbonyl (C=O) groups is 1. The van der Waals surface area contributed by atoms with Gasteiger partial charge in [0.1, 0.15) is 5.75 Å². The van der Waals surface area contributed by atoms with Crippen LogP contribution in [0.25, 0.3) is 0 Å². The molecule has 1 aliphatic rings. The van der Waals surface area contributed by atoms with Crippen LogP contribution < -0.4 is 4.90 Å². The van der Waals surface area contributed by atoms with Crippen LogP contribution in [0, 0.1) is 0 Å². The third-order valence-corrected chi connectivity index (χ3v) is 5.51. The van der Waals surface area contributed by atoms with E-state index in [0.29, 0.717) is 17.5 Å². The minimum absolute atomic E-state index is 0.0750. The lowest BCUT2D eigenvalue weighted by Gasteiger charge is -2.40. The zero-order valence-electron chi connectivity index (χ0n) is 15.9. The number of aromatic hydroxyl groups is 1. The van der Waals surface area contributed by atoms with E-state index in [0.717, 1.165) is 37.2 Å². The molecule has 0 spiro atoms. The van der Waals surface area contributed by atoms with Gasteiger partial charge < -0.3 is 14.9 Å². The Morgan fingerprint density at radius 3 is 2.26 bits per heavy atom. The molecule has 144 valence electrons. The number of carbonyl (C=O) groups excluding carboxylic acids is 1. The highest BCUT2D eigenvalue weighted by Crippen LogP contribution is 2.27. The van der Waals surface area contributed by atoms with Crippen molar-refractivity contribution >= 4 is 23.2 Å². The van der Waals surface area contributed by atoms with Crippen molar-refractivity contribution in [1.82, 2.24) is 4.90 Å². The van der Waals surface area contributed by atoms with E-state index in [2.05, 4.69) is 18.7 Å². The Morgan fingerprint density at radius 1 is 1.11 bits per heavy atom. The van der Waals surface area contributed by atoms with Gasteiger partial charge in [0.2, 0.25) is 5.91 Å². The van der Waals surface area contributed by atoms with Crippen molar-refractivity contribution in [2.75, 3.05) is 18.0 Å². The lowest BCUT2D eigenvalue weighted by atomic mass is 9.99. The van der Waals surface area contributed by atoms with Gasteiger partial charge in [-0.15, -0.1) is 0 Å². The molecule has 4 nitrogen and oxygen atoms in total. The predicted molar refractivity (Wildman–Crippen MR) is 110 cm³/mol. The van der Waals surface area contributed by atoms with Crippen LogP contribution in [-0.2, 0) is 11.2 Å². The fourth-order valence-electron chi connectivity index (χ4n) is 3.69. The summed E-state index contributed by atoms with van der Waals surface area (Å²) in [6, 6.07) is 15.1. The average Bonchev–Trinajstić information content (AvgIpc) is 2.66. The molecule has 3 rings (SSSR count). The van der Waals surface area contributed by atoms with Crippen molar-refractivity contribution in [3.63, 3.8) is 0 Å². The number of piperidine rings is 1. The number of halogens is 1. The molecule has 1 heterocycles. The van der Waals surface area contributed by atoms with Crippen molar-refractivity contribution in [1.29, 1.82) is 0 Å². The van der Waals surface area contributed by atoms with Crippen molar-refractivity contribution in [2.45, 2.75) is 45.2 Å². The zero-order chi connectivity index (χ0) is 19.4. The number of anilines is 1. The second-order valence-electron chi connectivity index (χ2n) is 7.44. The van der Waals surface area contributed by atoms with E-state index in [1.807, 2.05) is 29.2 Å². The van der Waals surface area contributed by atoms with E-state index in [1.165, 1.54) is 0 Å². The van der Waals surface area contributed by atoms with E-state index in [4.69, 9.17) is 11.6 Å². The molecule has 1 amide bonds. The van der Waals surface area contributed by atoms with Crippen LogP contribution in [0.15, 0.2) is 48.5 Å². The summed E-state index contributed by atoms with van der Waals surface area (Å²) in [6.07, 6.45) is 2.23. The van der Waals surface area contributed by atoms with Gasteiger partial charge in [-0.2, -0.15) is 0 Å². The molecule has 0 aliphatic carbocycles. The highest BCUT2D eigenvalue weighted by Gasteiger charge is 2.29. The van der Waals surface area contributed by atoms with Gasteiger partial charge in [0.25, 0.3) is 0 Å². The maximum absolute atomic E-state index is 13.2. The number of phenolic OH excluding ortho intramolecular Hbond substituents is 1. The molecule has 0 bridgehead atoms. The smallest absolute Gasteiger partial charge is 0.231 e. The first-order valence-electron chi connectivity index (χ1n) is 9.53. The standard InChI is InChI=1S/C22H27ClN2O2/c1-16(2)24-13-11-20(12-14-24)25(19-7-5-18(23)6-8-19)22(27)15-17-3-9-21(26)10-4-17/h3-10,16,20,26H,11-15H2,1-2H3. The van der Waals surface area contributed by atoms with Crippen molar-refractivity contribution in [2.24, 2.45) is 0 Å². The van der Waals surface area contributed by atoms with Crippen LogP contribution in [0.2, 0.25) is 5.02 Å². The SMILES string of the molecule is CC(C)N1CCC(N(C(=O)Cc2ccc(O)cc2)c2ccc(Cl)cc2)CC1. The van der Waals surface area contributed by atoms with Crippen LogP contribution >= 0.6 is 11.6 Å². The minimum Gasteiger partial charge on any atom is -0.508 e. The molecule has 2 aromatic carbocycles. The number of rotatable bonds is 5. The van der Waals surface area contributed by atoms with Crippen molar-refractivity contribution in [3.8, 4) is 5.75 Å². The summed E-state index contributed by atoms with van der Waals surface area (Å²) >= 11 is 6.05. The van der Waals surface area contributed by atoms with Gasteiger partial charge in [0, 0.05) is 35.9 Å². The number of phenols is 1. The quantitative estimate of drug-likeness (QED) is 0.823. The van der Waals surface area contributed by atoms with Crippen LogP contribution in [0.1, 0.15) is 32.3 Å². The number of benzene rings is 2. The largest absolute Gasteiger partial charge is 0.508 e. The van der Waals surface area contributed by atoms with Gasteiger partial charge in [0.05, 0.1) is 6.42 Å². The number of likely N-dealkylation sites (tertiary alicyclic amines) is 1. The zero-order valence-corrected chi connectivity index (χ0v) is 16.7. The molecule has 0 unspecified atom stereocenters. The van der Waals surface area contributed by atoms with E-state index in [9.17, 15) is 9.90 Å². The normalized spacial score (nSPS) is 15.9. The first-order chi connectivity index (χ1) is 12.9. The minimum atomic E-state index is 0.0750. The molecule has 2 aromatic rings. The lowest BCUT2D eigenvalue weighted by molar-refractivity contribution is -0.118. The van der Waals surface area contributed by atoms with Crippen LogP contribution in [0.3, 0.4) is 0 Å². The van der Waals surface area contributed by atoms with Gasteiger partial charge in [-0.1, -0.05) is 23.7 Å². The summed E-state index contributed by atoms with van der Waals surface area (Å²) in [4.78, 5) is 17.6. The second-order valence-corrected chi connectivity index (χ2v) is 7.88. The second kappa shape index (κ2) is 8.77. The van der Waals surface area contributed by atoms with E-state index >= 15 is 0 Å². The Morgan fingerprint density at radius 2 is 1.70 bits per heavy atom. The molecule has 0 saturated carbocycles. The third-order valence-electron chi connectivity index (χ3n) is 5.26. The Balaban J connectivity index is 1.80. The first kappa shape index (κ1) is 19.7. The molecular formula is C22H27ClN2O2. The maximum Gasteiger partial charge on any atom is 0.231 e. The molecule has 0 atom stereocenters. The van der Waals surface area contributed by atoms with Crippen LogP contribution in [-0.4, -0.2) is 41.1 Å². The predicted octanol–water partition coefficient (Wildman–Crippen LogP) is 4.49. The Labute approximate surface area is 166 Å². The highest BCUT2D eigenvalue weighted by molar-refractivity contribution is 6.30. The monoisotopic (exact) mass is 386 g/mol. The summed E-state index contributed by atoms with van der Waals surface area (Å²) in [5.74, 6) is 0.285. The van der Waals surface area contributed by atoms with Gasteiger partial charge in [-0.25, -0.2) is 0 Å². The molecular weight excluding hydrogens is 360 g/mol. The fourth-order valence-corrected chi connectivity index (χ4v) is 3.82. The molecule has 27 heavy (non-hydrogen) atoms. The molecule has 5 heteroatoms. The molecule has 1 fully saturated rings. The highest BCUT2D eigenvalue weighted by atomic mass is 35.5. The van der Waals surface area contributed by atoms with Crippen LogP contribution in [0.4, 0.5) is 5.69 Å². The summed E-state index contributed by atoms with van der Waals surface area (Å²) < 4.78 is 0. The number of amides is 1. The Kier molecular flexibility index (Phi) is 6.40. The summed E-state index contributed by atoms with van der Waals surface area (Å²) in [6.45, 7) is 6.43. The van der Waals surface area contributed by atoms with Gasteiger partial charge in [0.15, 0.2) is 0 Å². The van der Waals surface area contributed by atoms with Crippen LogP contribution in [0.5, 0.6) is 5.75 Å². The molecule has 1 N–H and O–H groups in total. The Bertz CT molecular complexity index is 751. The number of hydrogen-bond acceptors (Lipinski definition) is 3. The summed E-state index contributed by atoms with van der Waals surface area (Å²) in [7, 11) is 0. The number of hydrogen-bond donors (Lipinski definition) is 1. The van der Waals surface area contributed by atoms with Gasteiger partial charge >= 0.3 is 0 Å². The molecule has 0 aromatic heterocycles. The topological polar surface area (TPSA) is 43.8 Å². The maximum atomic E-state index is 13.2. The molecule has 1 aliphatic heterocycles. The average molecular weight is 387 g/mol. The van der Waals surface area contributed by atoms with Gasteiger partial charge in [-0.3, -0.25) is 4.79 Å². The lowest BCUT2D eigenvalue weighted by Crippen LogP contribution is -2.49. The number of nitrogens with zero attached hydrogens (tertiary/aromatic N) is 2. The van der Waals surface area contributed by atoms with Gasteiger partial charge in [-0.05, 0) is 68.7 Å². The molecule has 1 saturated heterocycles.